The van der Waals surface area contributed by atoms with Crippen LogP contribution in [0, 0.1) is 0 Å². The Morgan fingerprint density at radius 3 is 2.70 bits per heavy atom. The Hall–Kier alpha value is -1.98. The number of likely N-dealkylation sites (N-methyl/N-ethyl adjacent to an activating group) is 1. The molecule has 0 aliphatic rings. The van der Waals surface area contributed by atoms with Crippen LogP contribution >= 0.6 is 22.7 Å². The molecule has 0 bridgehead atoms. The second-order valence-electron chi connectivity index (χ2n) is 5.42. The molecule has 1 amide bonds. The molecular weight excluding hydrogens is 324 g/mol. The van der Waals surface area contributed by atoms with Gasteiger partial charge in [0, 0.05) is 23.4 Å². The van der Waals surface area contributed by atoms with Gasteiger partial charge in [-0.2, -0.15) is 11.3 Å². The van der Waals surface area contributed by atoms with Gasteiger partial charge < -0.3 is 4.90 Å². The van der Waals surface area contributed by atoms with Gasteiger partial charge in [0.15, 0.2) is 0 Å². The smallest absolute Gasteiger partial charge is 0.228 e. The lowest BCUT2D eigenvalue weighted by Crippen LogP contribution is -2.31. The summed E-state index contributed by atoms with van der Waals surface area (Å²) in [6.45, 7) is 2.05. The number of benzene rings is 1. The van der Waals surface area contributed by atoms with Crippen molar-refractivity contribution in [3.8, 4) is 10.6 Å². The number of thiophene rings is 1. The molecule has 0 N–H and O–H groups in total. The summed E-state index contributed by atoms with van der Waals surface area (Å²) in [7, 11) is 1.85. The quantitative estimate of drug-likeness (QED) is 0.677. The predicted molar refractivity (Wildman–Crippen MR) is 96.8 cm³/mol. The van der Waals surface area contributed by atoms with E-state index in [4.69, 9.17) is 0 Å². The van der Waals surface area contributed by atoms with Crippen LogP contribution < -0.4 is 0 Å². The molecule has 2 aromatic heterocycles. The minimum atomic E-state index is 0.0543. The molecule has 2 heterocycles. The van der Waals surface area contributed by atoms with Gasteiger partial charge in [0.05, 0.1) is 18.2 Å². The summed E-state index contributed by atoms with van der Waals surface area (Å²) in [5.74, 6) is 0.0866. The van der Waals surface area contributed by atoms with E-state index in [1.165, 1.54) is 0 Å². The summed E-state index contributed by atoms with van der Waals surface area (Å²) in [6, 6.07) is 12.2. The van der Waals surface area contributed by atoms with Crippen molar-refractivity contribution in [1.29, 1.82) is 0 Å². The molecule has 0 fully saturated rings. The number of nitrogens with zero attached hydrogens (tertiary/aromatic N) is 2. The summed E-state index contributed by atoms with van der Waals surface area (Å²) in [5, 5.41) is 7.07. The first-order valence-electron chi connectivity index (χ1n) is 7.42. The van der Waals surface area contributed by atoms with Crippen LogP contribution in [-0.4, -0.2) is 22.8 Å². The first kappa shape index (κ1) is 15.9. The van der Waals surface area contributed by atoms with Crippen molar-refractivity contribution in [2.24, 2.45) is 0 Å². The molecule has 0 saturated heterocycles. The molecule has 3 rings (SSSR count). The van der Waals surface area contributed by atoms with E-state index >= 15 is 0 Å². The standard InChI is InChI=1S/C18H18N2OS2/c1-13(14-6-4-3-5-7-14)20(2)17(21)10-16-12-23-18(19-16)15-8-9-22-11-15/h3-9,11-13H,10H2,1-2H3/t13-/m1/s1. The van der Waals surface area contributed by atoms with E-state index in [0.29, 0.717) is 6.42 Å². The number of hydrogen-bond donors (Lipinski definition) is 0. The zero-order valence-corrected chi connectivity index (χ0v) is 14.7. The van der Waals surface area contributed by atoms with Gasteiger partial charge in [-0.3, -0.25) is 4.79 Å². The molecule has 0 unspecified atom stereocenters. The zero-order valence-electron chi connectivity index (χ0n) is 13.1. The molecule has 0 aliphatic carbocycles. The number of thiazole rings is 1. The highest BCUT2D eigenvalue weighted by atomic mass is 32.1. The third-order valence-corrected chi connectivity index (χ3v) is 5.53. The average molecular weight is 342 g/mol. The Kier molecular flexibility index (Phi) is 4.88. The highest BCUT2D eigenvalue weighted by Crippen LogP contribution is 2.26. The van der Waals surface area contributed by atoms with E-state index in [2.05, 4.69) is 16.4 Å². The Labute approximate surface area is 144 Å². The van der Waals surface area contributed by atoms with Gasteiger partial charge in [-0.05, 0) is 23.9 Å². The zero-order chi connectivity index (χ0) is 16.2. The number of carbonyl (C=O) groups excluding carboxylic acids is 1. The van der Waals surface area contributed by atoms with Gasteiger partial charge in [0.2, 0.25) is 5.91 Å². The molecule has 1 atom stereocenters. The largest absolute Gasteiger partial charge is 0.339 e. The minimum Gasteiger partial charge on any atom is -0.339 e. The molecule has 118 valence electrons. The number of rotatable bonds is 5. The van der Waals surface area contributed by atoms with Crippen LogP contribution in [0.5, 0.6) is 0 Å². The van der Waals surface area contributed by atoms with Crippen molar-refractivity contribution in [3.05, 3.63) is 63.8 Å². The SMILES string of the molecule is C[C@H](c1ccccc1)N(C)C(=O)Cc1csc(-c2ccsc2)n1. The molecule has 0 spiro atoms. The number of amides is 1. The van der Waals surface area contributed by atoms with Crippen LogP contribution in [-0.2, 0) is 11.2 Å². The first-order chi connectivity index (χ1) is 11.1. The molecule has 0 radical (unpaired) electrons. The summed E-state index contributed by atoms with van der Waals surface area (Å²) in [4.78, 5) is 18.9. The maximum atomic E-state index is 12.5. The van der Waals surface area contributed by atoms with Crippen molar-refractivity contribution in [2.45, 2.75) is 19.4 Å². The van der Waals surface area contributed by atoms with Gasteiger partial charge in [-0.15, -0.1) is 11.3 Å². The van der Waals surface area contributed by atoms with E-state index in [1.807, 2.05) is 55.1 Å². The first-order valence-corrected chi connectivity index (χ1v) is 9.25. The summed E-state index contributed by atoms with van der Waals surface area (Å²) < 4.78 is 0. The van der Waals surface area contributed by atoms with Crippen molar-refractivity contribution in [3.63, 3.8) is 0 Å². The minimum absolute atomic E-state index is 0.0543. The van der Waals surface area contributed by atoms with E-state index in [1.54, 1.807) is 27.6 Å². The lowest BCUT2D eigenvalue weighted by molar-refractivity contribution is -0.131. The number of hydrogen-bond acceptors (Lipinski definition) is 4. The van der Waals surface area contributed by atoms with Gasteiger partial charge in [-0.1, -0.05) is 30.3 Å². The predicted octanol–water partition coefficient (Wildman–Crippen LogP) is 4.63. The fraction of sp³-hybridized carbons (Fsp3) is 0.222. The van der Waals surface area contributed by atoms with Crippen molar-refractivity contribution in [2.75, 3.05) is 7.05 Å². The van der Waals surface area contributed by atoms with Gasteiger partial charge >= 0.3 is 0 Å². The maximum Gasteiger partial charge on any atom is 0.228 e. The lowest BCUT2D eigenvalue weighted by atomic mass is 10.1. The Morgan fingerprint density at radius 1 is 1.22 bits per heavy atom. The summed E-state index contributed by atoms with van der Waals surface area (Å²) in [6.07, 6.45) is 0.342. The Morgan fingerprint density at radius 2 is 2.00 bits per heavy atom. The van der Waals surface area contributed by atoms with Crippen LogP contribution in [0.3, 0.4) is 0 Å². The van der Waals surface area contributed by atoms with Crippen molar-refractivity contribution >= 4 is 28.6 Å². The number of aromatic nitrogens is 1. The topological polar surface area (TPSA) is 33.2 Å². The van der Waals surface area contributed by atoms with Crippen LogP contribution in [0.4, 0.5) is 0 Å². The van der Waals surface area contributed by atoms with Crippen molar-refractivity contribution in [1.82, 2.24) is 9.88 Å². The molecule has 23 heavy (non-hydrogen) atoms. The van der Waals surface area contributed by atoms with E-state index in [0.717, 1.165) is 21.8 Å². The molecule has 3 nitrogen and oxygen atoms in total. The van der Waals surface area contributed by atoms with E-state index in [-0.39, 0.29) is 11.9 Å². The normalized spacial score (nSPS) is 12.1. The van der Waals surface area contributed by atoms with E-state index in [9.17, 15) is 4.79 Å². The number of carbonyl (C=O) groups is 1. The van der Waals surface area contributed by atoms with Crippen LogP contribution in [0.2, 0.25) is 0 Å². The van der Waals surface area contributed by atoms with Crippen LogP contribution in [0.1, 0.15) is 24.2 Å². The van der Waals surface area contributed by atoms with Gasteiger partial charge in [-0.25, -0.2) is 4.98 Å². The highest BCUT2D eigenvalue weighted by molar-refractivity contribution is 7.14. The Balaban J connectivity index is 1.67. The Bertz CT molecular complexity index is 765. The molecular formula is C18H18N2OS2. The van der Waals surface area contributed by atoms with E-state index < -0.39 is 0 Å². The van der Waals surface area contributed by atoms with Crippen LogP contribution in [0.15, 0.2) is 52.5 Å². The fourth-order valence-corrected chi connectivity index (χ4v) is 3.89. The van der Waals surface area contributed by atoms with Gasteiger partial charge in [0.25, 0.3) is 0 Å². The lowest BCUT2D eigenvalue weighted by Gasteiger charge is -2.25. The maximum absolute atomic E-state index is 12.5. The monoisotopic (exact) mass is 342 g/mol. The second kappa shape index (κ2) is 7.06. The third kappa shape index (κ3) is 3.68. The average Bonchev–Trinajstić information content (AvgIpc) is 3.25. The fourth-order valence-electron chi connectivity index (χ4n) is 2.36. The highest BCUT2D eigenvalue weighted by Gasteiger charge is 2.18. The molecule has 0 saturated carbocycles. The molecule has 1 aromatic carbocycles. The molecule has 3 aromatic rings. The summed E-state index contributed by atoms with van der Waals surface area (Å²) in [5.41, 5.74) is 3.11. The molecule has 5 heteroatoms. The van der Waals surface area contributed by atoms with Crippen LogP contribution in [0.25, 0.3) is 10.6 Å². The third-order valence-electron chi connectivity index (χ3n) is 3.91. The second-order valence-corrected chi connectivity index (χ2v) is 7.06. The molecule has 0 aliphatic heterocycles. The summed E-state index contributed by atoms with van der Waals surface area (Å²) >= 11 is 3.25. The van der Waals surface area contributed by atoms with Crippen molar-refractivity contribution < 1.29 is 4.79 Å². The van der Waals surface area contributed by atoms with Gasteiger partial charge in [0.1, 0.15) is 5.01 Å².